The fourth-order valence-electron chi connectivity index (χ4n) is 5.36. The number of nitrogens with one attached hydrogen (secondary N) is 1. The largest absolute Gasteiger partial charge is 0.349 e. The average molecular weight is 386 g/mol. The van der Waals surface area contributed by atoms with Crippen LogP contribution in [-0.2, 0) is 0 Å². The van der Waals surface area contributed by atoms with Gasteiger partial charge < -0.3 is 5.32 Å². The van der Waals surface area contributed by atoms with Crippen LogP contribution in [0.25, 0.3) is 16.9 Å². The highest BCUT2D eigenvalue weighted by atomic mass is 16.1. The third-order valence-electron chi connectivity index (χ3n) is 6.82. The number of fused-ring (bicyclic) bond motifs is 2. The number of amides is 1. The average Bonchev–Trinajstić information content (AvgIpc) is 3.50. The Morgan fingerprint density at radius 2 is 1.76 bits per heavy atom. The van der Waals surface area contributed by atoms with Crippen LogP contribution in [0, 0.1) is 17.8 Å². The van der Waals surface area contributed by atoms with Crippen LogP contribution in [0.4, 0.5) is 0 Å². The molecule has 4 atom stereocenters. The first-order chi connectivity index (χ1) is 14.2. The normalized spacial score (nSPS) is 23.8. The van der Waals surface area contributed by atoms with Crippen LogP contribution in [0.3, 0.4) is 0 Å². The van der Waals surface area contributed by atoms with Crippen molar-refractivity contribution in [3.8, 4) is 16.9 Å². The summed E-state index contributed by atoms with van der Waals surface area (Å²) in [7, 11) is 0. The van der Waals surface area contributed by atoms with Crippen molar-refractivity contribution in [2.75, 3.05) is 0 Å². The molecule has 0 unspecified atom stereocenters. The van der Waals surface area contributed by atoms with Crippen molar-refractivity contribution in [3.05, 3.63) is 72.4 Å². The van der Waals surface area contributed by atoms with E-state index >= 15 is 0 Å². The van der Waals surface area contributed by atoms with E-state index in [4.69, 9.17) is 5.10 Å². The van der Waals surface area contributed by atoms with Gasteiger partial charge in [-0.1, -0.05) is 55.0 Å². The summed E-state index contributed by atoms with van der Waals surface area (Å²) < 4.78 is 1.81. The number of rotatable bonds is 5. The summed E-state index contributed by atoms with van der Waals surface area (Å²) in [6, 6.07) is 20.1. The Morgan fingerprint density at radius 3 is 2.41 bits per heavy atom. The molecule has 148 valence electrons. The van der Waals surface area contributed by atoms with E-state index in [0.717, 1.165) is 28.8 Å². The molecule has 2 aliphatic rings. The van der Waals surface area contributed by atoms with Gasteiger partial charge in [0.1, 0.15) is 5.69 Å². The van der Waals surface area contributed by atoms with Gasteiger partial charge in [0.05, 0.1) is 11.3 Å². The third kappa shape index (κ3) is 3.48. The van der Waals surface area contributed by atoms with Crippen LogP contribution < -0.4 is 5.32 Å². The Labute approximate surface area is 172 Å². The van der Waals surface area contributed by atoms with E-state index in [1.165, 1.54) is 25.7 Å². The molecule has 2 aliphatic carbocycles. The van der Waals surface area contributed by atoms with Gasteiger partial charge in [0.2, 0.25) is 0 Å². The van der Waals surface area contributed by atoms with Crippen molar-refractivity contribution in [2.24, 2.45) is 17.8 Å². The molecular formula is C25H27N3O. The predicted molar refractivity (Wildman–Crippen MR) is 115 cm³/mol. The summed E-state index contributed by atoms with van der Waals surface area (Å²) in [6.07, 6.45) is 7.19. The molecule has 2 bridgehead atoms. The lowest BCUT2D eigenvalue weighted by molar-refractivity contribution is 0.0916. The number of benzene rings is 2. The van der Waals surface area contributed by atoms with E-state index in [1.54, 1.807) is 4.68 Å². The smallest absolute Gasteiger partial charge is 0.255 e. The second-order valence-corrected chi connectivity index (χ2v) is 8.64. The van der Waals surface area contributed by atoms with Gasteiger partial charge in [-0.15, -0.1) is 0 Å². The minimum atomic E-state index is -0.0266. The number of hydrogen-bond donors (Lipinski definition) is 1. The molecular weight excluding hydrogens is 358 g/mol. The van der Waals surface area contributed by atoms with E-state index in [0.29, 0.717) is 11.5 Å². The van der Waals surface area contributed by atoms with E-state index in [1.807, 2.05) is 66.9 Å². The molecule has 2 fully saturated rings. The second-order valence-electron chi connectivity index (χ2n) is 8.64. The maximum Gasteiger partial charge on any atom is 0.255 e. The lowest BCUT2D eigenvalue weighted by Gasteiger charge is -2.28. The SMILES string of the molecule is C[C@H](NC(=O)c1cn(-c2ccccc2)nc1-c1ccccc1)[C@H]1C[C@@H]2CC[C@H]1C2. The van der Waals surface area contributed by atoms with Crippen LogP contribution in [0.15, 0.2) is 66.9 Å². The molecule has 1 amide bonds. The van der Waals surface area contributed by atoms with Crippen LogP contribution in [0.1, 0.15) is 43.0 Å². The number of hydrogen-bond acceptors (Lipinski definition) is 2. The quantitative estimate of drug-likeness (QED) is 0.665. The maximum absolute atomic E-state index is 13.3. The van der Waals surface area contributed by atoms with Gasteiger partial charge in [0.25, 0.3) is 5.91 Å². The summed E-state index contributed by atoms with van der Waals surface area (Å²) in [5.41, 5.74) is 3.27. The van der Waals surface area contributed by atoms with Gasteiger partial charge >= 0.3 is 0 Å². The van der Waals surface area contributed by atoms with Crippen molar-refractivity contribution >= 4 is 5.91 Å². The lowest BCUT2D eigenvalue weighted by Crippen LogP contribution is -2.40. The van der Waals surface area contributed by atoms with Crippen molar-refractivity contribution < 1.29 is 4.79 Å². The first-order valence-corrected chi connectivity index (χ1v) is 10.7. The number of carbonyl (C=O) groups is 1. The van der Waals surface area contributed by atoms with Crippen molar-refractivity contribution in [3.63, 3.8) is 0 Å². The molecule has 0 aliphatic heterocycles. The molecule has 2 saturated carbocycles. The minimum absolute atomic E-state index is 0.0266. The third-order valence-corrected chi connectivity index (χ3v) is 6.82. The van der Waals surface area contributed by atoms with Crippen LogP contribution >= 0.6 is 0 Å². The Kier molecular flexibility index (Phi) is 4.70. The van der Waals surface area contributed by atoms with Crippen molar-refractivity contribution in [1.29, 1.82) is 0 Å². The molecule has 4 nitrogen and oxygen atoms in total. The summed E-state index contributed by atoms with van der Waals surface area (Å²) >= 11 is 0. The van der Waals surface area contributed by atoms with E-state index in [9.17, 15) is 4.79 Å². The summed E-state index contributed by atoms with van der Waals surface area (Å²) in [6.45, 7) is 2.17. The molecule has 2 aromatic carbocycles. The monoisotopic (exact) mass is 385 g/mol. The number of aromatic nitrogens is 2. The van der Waals surface area contributed by atoms with E-state index < -0.39 is 0 Å². The summed E-state index contributed by atoms with van der Waals surface area (Å²) in [4.78, 5) is 13.3. The van der Waals surface area contributed by atoms with Crippen LogP contribution in [0.5, 0.6) is 0 Å². The first-order valence-electron chi connectivity index (χ1n) is 10.7. The van der Waals surface area contributed by atoms with Gasteiger partial charge in [-0.2, -0.15) is 5.10 Å². The standard InChI is InChI=1S/C25H27N3O/c1-17(22-15-18-12-13-20(22)14-18)26-25(29)23-16-28(21-10-6-3-7-11-21)27-24(23)19-8-4-2-5-9-19/h2-11,16-18,20,22H,12-15H2,1H3,(H,26,29)/t17-,18+,20-,22+/m0/s1. The van der Waals surface area contributed by atoms with Crippen LogP contribution in [-0.4, -0.2) is 21.7 Å². The van der Waals surface area contributed by atoms with Gasteiger partial charge in [-0.3, -0.25) is 4.79 Å². The molecule has 0 radical (unpaired) electrons. The molecule has 0 spiro atoms. The Morgan fingerprint density at radius 1 is 1.03 bits per heavy atom. The molecule has 3 aromatic rings. The van der Waals surface area contributed by atoms with E-state index in [-0.39, 0.29) is 11.9 Å². The van der Waals surface area contributed by atoms with Gasteiger partial charge in [-0.05, 0) is 56.1 Å². The molecule has 29 heavy (non-hydrogen) atoms. The number of carbonyl (C=O) groups excluding carboxylic acids is 1. The molecule has 5 rings (SSSR count). The fourth-order valence-corrected chi connectivity index (χ4v) is 5.36. The highest BCUT2D eigenvalue weighted by Crippen LogP contribution is 2.49. The number of para-hydroxylation sites is 1. The molecule has 1 heterocycles. The molecule has 0 saturated heterocycles. The topological polar surface area (TPSA) is 46.9 Å². The van der Waals surface area contributed by atoms with Gasteiger partial charge in [0, 0.05) is 17.8 Å². The summed E-state index contributed by atoms with van der Waals surface area (Å²) in [5.74, 6) is 2.25. The zero-order valence-corrected chi connectivity index (χ0v) is 16.8. The summed E-state index contributed by atoms with van der Waals surface area (Å²) in [5, 5.41) is 8.08. The Balaban J connectivity index is 1.44. The van der Waals surface area contributed by atoms with Gasteiger partial charge in [0.15, 0.2) is 0 Å². The fraction of sp³-hybridized carbons (Fsp3) is 0.360. The van der Waals surface area contributed by atoms with Crippen molar-refractivity contribution in [2.45, 2.75) is 38.6 Å². The van der Waals surface area contributed by atoms with Gasteiger partial charge in [-0.25, -0.2) is 4.68 Å². The zero-order valence-electron chi connectivity index (χ0n) is 16.8. The Hall–Kier alpha value is -2.88. The first kappa shape index (κ1) is 18.2. The highest BCUT2D eigenvalue weighted by molar-refractivity contribution is 6.00. The molecule has 1 aromatic heterocycles. The lowest BCUT2D eigenvalue weighted by atomic mass is 9.84. The minimum Gasteiger partial charge on any atom is -0.349 e. The second kappa shape index (κ2) is 7.51. The maximum atomic E-state index is 13.3. The predicted octanol–water partition coefficient (Wildman–Crippen LogP) is 5.09. The molecule has 4 heteroatoms. The Bertz CT molecular complexity index is 995. The van der Waals surface area contributed by atoms with E-state index in [2.05, 4.69) is 12.2 Å². The highest BCUT2D eigenvalue weighted by Gasteiger charge is 2.42. The molecule has 1 N–H and O–H groups in total. The van der Waals surface area contributed by atoms with Crippen molar-refractivity contribution in [1.82, 2.24) is 15.1 Å². The van der Waals surface area contributed by atoms with Crippen LogP contribution in [0.2, 0.25) is 0 Å². The zero-order chi connectivity index (χ0) is 19.8. The number of nitrogens with zero attached hydrogens (tertiary/aromatic N) is 2.